The second-order valence-electron chi connectivity index (χ2n) is 7.78. The maximum absolute atomic E-state index is 12.5. The number of ether oxygens (including phenoxy) is 1. The number of aliphatic hydroxyl groups excluding tert-OH is 1. The molecule has 2 atom stereocenters. The van der Waals surface area contributed by atoms with Crippen LogP contribution < -0.4 is 4.74 Å². The molecule has 0 heterocycles. The fraction of sp³-hybridized carbons (Fsp3) is 0.409. The van der Waals surface area contributed by atoms with Crippen LogP contribution in [0.1, 0.15) is 44.9 Å². The zero-order valence-electron chi connectivity index (χ0n) is 16.6. The van der Waals surface area contributed by atoms with Crippen molar-refractivity contribution >= 4 is 21.8 Å². The van der Waals surface area contributed by atoms with E-state index in [0.717, 1.165) is 10.0 Å². The van der Waals surface area contributed by atoms with Gasteiger partial charge in [0.05, 0.1) is 16.6 Å². The molecule has 0 aliphatic rings. The molecule has 1 amide bonds. The molecule has 5 heteroatoms. The molecule has 0 aromatic heterocycles. The highest BCUT2D eigenvalue weighted by Gasteiger charge is 2.24. The quantitative estimate of drug-likeness (QED) is 0.717. The summed E-state index contributed by atoms with van der Waals surface area (Å²) in [6, 6.07) is 14.9. The minimum Gasteiger partial charge on any atom is -0.483 e. The van der Waals surface area contributed by atoms with Crippen molar-refractivity contribution in [1.29, 1.82) is 0 Å². The van der Waals surface area contributed by atoms with Crippen molar-refractivity contribution in [2.75, 3.05) is 13.7 Å². The Morgan fingerprint density at radius 2 is 1.81 bits per heavy atom. The minimum absolute atomic E-state index is 0.0418. The Morgan fingerprint density at radius 3 is 2.37 bits per heavy atom. The molecular weight excluding hydrogens is 406 g/mol. The molecule has 2 unspecified atom stereocenters. The molecule has 2 rings (SSSR count). The number of amides is 1. The largest absolute Gasteiger partial charge is 0.483 e. The van der Waals surface area contributed by atoms with Gasteiger partial charge in [-0.05, 0) is 51.5 Å². The number of carbonyl (C=O) groups excluding carboxylic acids is 1. The lowest BCUT2D eigenvalue weighted by Gasteiger charge is -2.29. The molecule has 0 bridgehead atoms. The lowest BCUT2D eigenvalue weighted by molar-refractivity contribution is -0.136. The zero-order chi connectivity index (χ0) is 20.2. The van der Waals surface area contributed by atoms with Gasteiger partial charge in [0.25, 0.3) is 5.91 Å². The first-order valence-corrected chi connectivity index (χ1v) is 9.82. The van der Waals surface area contributed by atoms with E-state index in [2.05, 4.69) is 36.7 Å². The maximum Gasteiger partial charge on any atom is 0.260 e. The number of benzene rings is 2. The van der Waals surface area contributed by atoms with Crippen LogP contribution in [0, 0.1) is 0 Å². The summed E-state index contributed by atoms with van der Waals surface area (Å²) in [6.45, 7) is 8.17. The summed E-state index contributed by atoms with van der Waals surface area (Å²) in [5, 5.41) is 10.5. The van der Waals surface area contributed by atoms with E-state index >= 15 is 0 Å². The third-order valence-corrected chi connectivity index (χ3v) is 5.37. The van der Waals surface area contributed by atoms with Crippen LogP contribution in [0.4, 0.5) is 0 Å². The molecule has 146 valence electrons. The van der Waals surface area contributed by atoms with E-state index in [1.165, 1.54) is 10.5 Å². The van der Waals surface area contributed by atoms with Crippen molar-refractivity contribution in [3.8, 4) is 5.75 Å². The van der Waals surface area contributed by atoms with E-state index in [9.17, 15) is 9.90 Å². The highest BCUT2D eigenvalue weighted by Crippen LogP contribution is 2.31. The number of carbonyl (C=O) groups is 1. The Bertz CT molecular complexity index is 771. The first-order chi connectivity index (χ1) is 12.6. The van der Waals surface area contributed by atoms with Crippen LogP contribution in [0.3, 0.4) is 0 Å². The van der Waals surface area contributed by atoms with Crippen LogP contribution in [-0.4, -0.2) is 35.6 Å². The predicted molar refractivity (Wildman–Crippen MR) is 112 cm³/mol. The van der Waals surface area contributed by atoms with Gasteiger partial charge in [0.2, 0.25) is 0 Å². The Morgan fingerprint density at radius 1 is 1.19 bits per heavy atom. The third-order valence-electron chi connectivity index (χ3n) is 4.75. The fourth-order valence-corrected chi connectivity index (χ4v) is 3.19. The van der Waals surface area contributed by atoms with E-state index in [0.29, 0.717) is 5.75 Å². The van der Waals surface area contributed by atoms with Gasteiger partial charge in [0, 0.05) is 7.05 Å². The van der Waals surface area contributed by atoms with Crippen LogP contribution in [0.2, 0.25) is 0 Å². The second-order valence-corrected chi connectivity index (χ2v) is 8.64. The second kappa shape index (κ2) is 8.89. The zero-order valence-corrected chi connectivity index (χ0v) is 18.2. The topological polar surface area (TPSA) is 49.8 Å². The van der Waals surface area contributed by atoms with Crippen molar-refractivity contribution in [2.24, 2.45) is 0 Å². The van der Waals surface area contributed by atoms with Gasteiger partial charge in [-0.1, -0.05) is 57.2 Å². The van der Waals surface area contributed by atoms with E-state index in [4.69, 9.17) is 4.74 Å². The number of hydrogen-bond donors (Lipinski definition) is 1. The van der Waals surface area contributed by atoms with Crippen molar-refractivity contribution in [3.05, 3.63) is 64.1 Å². The normalized spacial score (nSPS) is 13.7. The number of rotatable bonds is 6. The van der Waals surface area contributed by atoms with Gasteiger partial charge in [-0.15, -0.1) is 0 Å². The molecular formula is C22H28BrNO3. The molecule has 27 heavy (non-hydrogen) atoms. The SMILES string of the molecule is CC(C(O)c1ccccc1)N(C)C(=O)COc1ccc(C(C)(C)C)cc1Br. The molecule has 0 aliphatic carbocycles. The number of nitrogens with zero attached hydrogens (tertiary/aromatic N) is 1. The molecule has 0 radical (unpaired) electrons. The Hall–Kier alpha value is -1.85. The van der Waals surface area contributed by atoms with E-state index in [1.807, 2.05) is 55.5 Å². The molecule has 0 saturated carbocycles. The van der Waals surface area contributed by atoms with Gasteiger partial charge in [0.1, 0.15) is 5.75 Å². The smallest absolute Gasteiger partial charge is 0.260 e. The van der Waals surface area contributed by atoms with Gasteiger partial charge in [-0.25, -0.2) is 0 Å². The third kappa shape index (κ3) is 5.56. The van der Waals surface area contributed by atoms with Gasteiger partial charge in [0.15, 0.2) is 6.61 Å². The first kappa shape index (κ1) is 21.5. The van der Waals surface area contributed by atoms with E-state index in [-0.39, 0.29) is 24.0 Å². The summed E-state index contributed by atoms with van der Waals surface area (Å²) >= 11 is 3.52. The Kier molecular flexibility index (Phi) is 7.06. The van der Waals surface area contributed by atoms with E-state index in [1.54, 1.807) is 7.05 Å². The molecule has 4 nitrogen and oxygen atoms in total. The summed E-state index contributed by atoms with van der Waals surface area (Å²) < 4.78 is 6.53. The lowest BCUT2D eigenvalue weighted by Crippen LogP contribution is -2.41. The van der Waals surface area contributed by atoms with E-state index < -0.39 is 6.10 Å². The monoisotopic (exact) mass is 433 g/mol. The highest BCUT2D eigenvalue weighted by molar-refractivity contribution is 9.10. The summed E-state index contributed by atoms with van der Waals surface area (Å²) in [7, 11) is 1.68. The van der Waals surface area contributed by atoms with Gasteiger partial charge in [-0.3, -0.25) is 4.79 Å². The molecule has 0 saturated heterocycles. The molecule has 0 fully saturated rings. The van der Waals surface area contributed by atoms with Crippen molar-refractivity contribution in [3.63, 3.8) is 0 Å². The molecule has 2 aromatic carbocycles. The van der Waals surface area contributed by atoms with Crippen LogP contribution >= 0.6 is 15.9 Å². The van der Waals surface area contributed by atoms with Crippen molar-refractivity contribution in [1.82, 2.24) is 4.90 Å². The van der Waals surface area contributed by atoms with Gasteiger partial charge < -0.3 is 14.7 Å². The molecule has 1 N–H and O–H groups in total. The maximum atomic E-state index is 12.5. The standard InChI is InChI=1S/C22H28BrNO3/c1-15(21(26)16-9-7-6-8-10-16)24(5)20(25)14-27-19-12-11-17(13-18(19)23)22(2,3)4/h6-13,15,21,26H,14H2,1-5H3. The summed E-state index contributed by atoms with van der Waals surface area (Å²) in [4.78, 5) is 14.0. The van der Waals surface area contributed by atoms with Crippen LogP contribution in [0.15, 0.2) is 53.0 Å². The predicted octanol–water partition coefficient (Wildman–Crippen LogP) is 4.71. The highest BCUT2D eigenvalue weighted by atomic mass is 79.9. The fourth-order valence-electron chi connectivity index (χ4n) is 2.69. The Labute approximate surface area is 170 Å². The van der Waals surface area contributed by atoms with Gasteiger partial charge in [-0.2, -0.15) is 0 Å². The minimum atomic E-state index is -0.752. The molecule has 2 aromatic rings. The van der Waals surface area contributed by atoms with Crippen molar-refractivity contribution < 1.29 is 14.6 Å². The van der Waals surface area contributed by atoms with Crippen LogP contribution in [0.25, 0.3) is 0 Å². The summed E-state index contributed by atoms with van der Waals surface area (Å²) in [5.41, 5.74) is 2.01. The Balaban J connectivity index is 1.98. The number of halogens is 1. The molecule has 0 aliphatic heterocycles. The number of likely N-dealkylation sites (N-methyl/N-ethyl adjacent to an activating group) is 1. The molecule has 0 spiro atoms. The van der Waals surface area contributed by atoms with Crippen LogP contribution in [0.5, 0.6) is 5.75 Å². The average Bonchev–Trinajstić information content (AvgIpc) is 2.64. The number of aliphatic hydroxyl groups is 1. The van der Waals surface area contributed by atoms with Gasteiger partial charge >= 0.3 is 0 Å². The lowest BCUT2D eigenvalue weighted by atomic mass is 9.87. The van der Waals surface area contributed by atoms with Crippen LogP contribution in [-0.2, 0) is 10.2 Å². The van der Waals surface area contributed by atoms with Crippen molar-refractivity contribution in [2.45, 2.75) is 45.3 Å². The number of hydrogen-bond acceptors (Lipinski definition) is 3. The summed E-state index contributed by atoms with van der Waals surface area (Å²) in [6.07, 6.45) is -0.752. The first-order valence-electron chi connectivity index (χ1n) is 9.02. The average molecular weight is 434 g/mol. The summed E-state index contributed by atoms with van der Waals surface area (Å²) in [5.74, 6) is 0.435.